The molecule has 1 aromatic heterocycles. The van der Waals surface area contributed by atoms with E-state index in [0.29, 0.717) is 47.4 Å². The van der Waals surface area contributed by atoms with Gasteiger partial charge in [-0.3, -0.25) is 9.36 Å². The lowest BCUT2D eigenvalue weighted by atomic mass is 9.98. The van der Waals surface area contributed by atoms with Gasteiger partial charge < -0.3 is 15.2 Å². The molecule has 0 fully saturated rings. The molecule has 1 atom stereocenters. The first-order chi connectivity index (χ1) is 18.2. The number of aryl methyl sites for hydroxylation is 1. The third-order valence-electron chi connectivity index (χ3n) is 6.36. The molecule has 1 unspecified atom stereocenters. The van der Waals surface area contributed by atoms with Crippen LogP contribution in [0.3, 0.4) is 0 Å². The minimum Gasteiger partial charge on any atom is -0.478 e. The van der Waals surface area contributed by atoms with Gasteiger partial charge in [0.05, 0.1) is 36.6 Å². The molecule has 0 aliphatic heterocycles. The topological polar surface area (TPSA) is 93.5 Å². The van der Waals surface area contributed by atoms with Crippen molar-refractivity contribution in [3.8, 4) is 17.1 Å². The van der Waals surface area contributed by atoms with Gasteiger partial charge in [-0.15, -0.1) is 0 Å². The predicted octanol–water partition coefficient (Wildman–Crippen LogP) is 5.61. The SMILES string of the molecule is CCOc1nc(CC)c(CNC(=O)C(CS)CC(C)C)n1Cc1ccc(-c2ccccc2C(=O)O)cc1F. The van der Waals surface area contributed by atoms with E-state index in [1.54, 1.807) is 34.9 Å². The Kier molecular flexibility index (Phi) is 10.4. The highest BCUT2D eigenvalue weighted by Gasteiger charge is 2.22. The molecule has 1 amide bonds. The van der Waals surface area contributed by atoms with Gasteiger partial charge in [-0.25, -0.2) is 9.18 Å². The fraction of sp³-hybridized carbons (Fsp3) is 0.414. The van der Waals surface area contributed by atoms with Gasteiger partial charge >= 0.3 is 5.97 Å². The molecule has 0 aliphatic rings. The van der Waals surface area contributed by atoms with Crippen LogP contribution in [0.1, 0.15) is 61.4 Å². The normalized spacial score (nSPS) is 12.0. The molecule has 2 N–H and O–H groups in total. The summed E-state index contributed by atoms with van der Waals surface area (Å²) in [6.45, 7) is 8.72. The van der Waals surface area contributed by atoms with Crippen molar-refractivity contribution in [3.05, 3.63) is 70.8 Å². The average Bonchev–Trinajstić information content (AvgIpc) is 3.22. The fourth-order valence-electron chi connectivity index (χ4n) is 4.48. The van der Waals surface area contributed by atoms with Crippen LogP contribution in [0, 0.1) is 17.7 Å². The van der Waals surface area contributed by atoms with Crippen LogP contribution in [0.25, 0.3) is 11.1 Å². The molecule has 0 spiro atoms. The number of carboxylic acid groups (broad SMARTS) is 1. The summed E-state index contributed by atoms with van der Waals surface area (Å²) in [4.78, 5) is 29.1. The zero-order chi connectivity index (χ0) is 27.8. The Morgan fingerprint density at radius 1 is 1.18 bits per heavy atom. The molecule has 3 aromatic rings. The molecule has 38 heavy (non-hydrogen) atoms. The number of halogens is 1. The molecule has 0 bridgehead atoms. The summed E-state index contributed by atoms with van der Waals surface area (Å²) >= 11 is 4.36. The number of benzene rings is 2. The van der Waals surface area contributed by atoms with Crippen molar-refractivity contribution < 1.29 is 23.8 Å². The summed E-state index contributed by atoms with van der Waals surface area (Å²) in [6, 6.07) is 11.6. The number of aromatic nitrogens is 2. The summed E-state index contributed by atoms with van der Waals surface area (Å²) in [6.07, 6.45) is 1.36. The first-order valence-corrected chi connectivity index (χ1v) is 13.5. The number of nitrogens with zero attached hydrogens (tertiary/aromatic N) is 2. The number of imidazole rings is 1. The average molecular weight is 542 g/mol. The summed E-state index contributed by atoms with van der Waals surface area (Å²) in [5.41, 5.74) is 2.95. The molecule has 204 valence electrons. The predicted molar refractivity (Wildman–Crippen MR) is 149 cm³/mol. The van der Waals surface area contributed by atoms with Crippen molar-refractivity contribution >= 4 is 24.5 Å². The number of thiol groups is 1. The van der Waals surface area contributed by atoms with Crippen LogP contribution in [0.5, 0.6) is 6.01 Å². The largest absolute Gasteiger partial charge is 0.478 e. The smallest absolute Gasteiger partial charge is 0.336 e. The number of aromatic carboxylic acids is 1. The zero-order valence-electron chi connectivity index (χ0n) is 22.3. The van der Waals surface area contributed by atoms with E-state index >= 15 is 4.39 Å². The second-order valence-electron chi connectivity index (χ2n) is 9.54. The first kappa shape index (κ1) is 29.2. The number of carbonyl (C=O) groups excluding carboxylic acids is 1. The molecular weight excluding hydrogens is 505 g/mol. The van der Waals surface area contributed by atoms with Crippen LogP contribution in [0.15, 0.2) is 42.5 Å². The lowest BCUT2D eigenvalue weighted by Crippen LogP contribution is -2.33. The van der Waals surface area contributed by atoms with E-state index in [1.807, 2.05) is 13.8 Å². The number of carboxylic acids is 1. The molecule has 0 aliphatic carbocycles. The van der Waals surface area contributed by atoms with Gasteiger partial charge in [-0.2, -0.15) is 17.6 Å². The number of carbonyl (C=O) groups is 2. The maximum absolute atomic E-state index is 15.4. The summed E-state index contributed by atoms with van der Waals surface area (Å²) in [5.74, 6) is -1.00. The maximum atomic E-state index is 15.4. The molecule has 2 aromatic carbocycles. The Bertz CT molecular complexity index is 1270. The number of nitrogens with one attached hydrogen (secondary N) is 1. The Balaban J connectivity index is 1.93. The van der Waals surface area contributed by atoms with Crippen molar-refractivity contribution in [1.29, 1.82) is 0 Å². The summed E-state index contributed by atoms with van der Waals surface area (Å²) in [7, 11) is 0. The van der Waals surface area contributed by atoms with E-state index in [-0.39, 0.29) is 30.5 Å². The van der Waals surface area contributed by atoms with Crippen molar-refractivity contribution in [2.24, 2.45) is 11.8 Å². The number of ether oxygens (including phenoxy) is 1. The van der Waals surface area contributed by atoms with Crippen molar-refractivity contribution in [1.82, 2.24) is 14.9 Å². The minimum atomic E-state index is -1.07. The van der Waals surface area contributed by atoms with Crippen molar-refractivity contribution in [2.45, 2.75) is 53.6 Å². The Morgan fingerprint density at radius 3 is 2.53 bits per heavy atom. The van der Waals surface area contributed by atoms with Crippen LogP contribution in [-0.4, -0.2) is 38.9 Å². The van der Waals surface area contributed by atoms with Gasteiger partial charge in [-0.1, -0.05) is 51.1 Å². The van der Waals surface area contributed by atoms with Gasteiger partial charge in [0.15, 0.2) is 0 Å². The van der Waals surface area contributed by atoms with E-state index in [9.17, 15) is 14.7 Å². The van der Waals surface area contributed by atoms with Crippen LogP contribution >= 0.6 is 12.6 Å². The molecule has 9 heteroatoms. The second-order valence-corrected chi connectivity index (χ2v) is 9.91. The summed E-state index contributed by atoms with van der Waals surface area (Å²) < 4.78 is 22.9. The van der Waals surface area contributed by atoms with Gasteiger partial charge in [-0.05, 0) is 48.9 Å². The standard InChI is InChI=1S/C29H36FN3O4S/c1-5-25-26(15-31-27(34)21(17-38)13-18(3)4)33(29(32-25)37-6-2)16-20-12-11-19(14-24(20)30)22-9-7-8-10-23(22)28(35)36/h7-12,14,18,21,38H,5-6,13,15-17H2,1-4H3,(H,31,34)(H,35,36). The minimum absolute atomic E-state index is 0.0749. The van der Waals surface area contributed by atoms with Crippen LogP contribution in [-0.2, 0) is 24.3 Å². The number of amides is 1. The van der Waals surface area contributed by atoms with Gasteiger partial charge in [0.1, 0.15) is 5.82 Å². The molecule has 0 saturated carbocycles. The highest BCUT2D eigenvalue weighted by atomic mass is 32.1. The van der Waals surface area contributed by atoms with Crippen LogP contribution in [0.2, 0.25) is 0 Å². The lowest BCUT2D eigenvalue weighted by molar-refractivity contribution is -0.125. The fourth-order valence-corrected chi connectivity index (χ4v) is 4.79. The van der Waals surface area contributed by atoms with Crippen LogP contribution < -0.4 is 10.1 Å². The van der Waals surface area contributed by atoms with E-state index < -0.39 is 11.8 Å². The van der Waals surface area contributed by atoms with E-state index in [0.717, 1.165) is 17.8 Å². The third kappa shape index (κ3) is 6.95. The Labute approximate surface area is 228 Å². The molecular formula is C29H36FN3O4S. The van der Waals surface area contributed by atoms with Gasteiger partial charge in [0, 0.05) is 17.2 Å². The monoisotopic (exact) mass is 541 g/mol. The number of hydrogen-bond acceptors (Lipinski definition) is 5. The van der Waals surface area contributed by atoms with Crippen molar-refractivity contribution in [3.63, 3.8) is 0 Å². The van der Waals surface area contributed by atoms with Crippen molar-refractivity contribution in [2.75, 3.05) is 12.4 Å². The Morgan fingerprint density at radius 2 is 1.92 bits per heavy atom. The number of rotatable bonds is 13. The Hall–Kier alpha value is -3.33. The highest BCUT2D eigenvalue weighted by Crippen LogP contribution is 2.28. The van der Waals surface area contributed by atoms with Gasteiger partial charge in [0.25, 0.3) is 6.01 Å². The maximum Gasteiger partial charge on any atom is 0.336 e. The lowest BCUT2D eigenvalue weighted by Gasteiger charge is -2.18. The molecule has 1 heterocycles. The third-order valence-corrected chi connectivity index (χ3v) is 6.80. The van der Waals surface area contributed by atoms with Crippen LogP contribution in [0.4, 0.5) is 4.39 Å². The number of hydrogen-bond donors (Lipinski definition) is 3. The zero-order valence-corrected chi connectivity index (χ0v) is 23.2. The summed E-state index contributed by atoms with van der Waals surface area (Å²) in [5, 5.41) is 12.5. The molecule has 0 saturated heterocycles. The molecule has 0 radical (unpaired) electrons. The molecule has 3 rings (SSSR count). The van der Waals surface area contributed by atoms with Gasteiger partial charge in [0.2, 0.25) is 5.91 Å². The quantitative estimate of drug-likeness (QED) is 0.245. The second kappa shape index (κ2) is 13.5. The van der Waals surface area contributed by atoms with E-state index in [2.05, 4.69) is 36.8 Å². The highest BCUT2D eigenvalue weighted by molar-refractivity contribution is 7.80. The first-order valence-electron chi connectivity index (χ1n) is 12.9. The van der Waals surface area contributed by atoms with E-state index in [1.165, 1.54) is 12.1 Å². The van der Waals surface area contributed by atoms with E-state index in [4.69, 9.17) is 4.74 Å². The molecule has 7 nitrogen and oxygen atoms in total.